The number of hydrogen-bond acceptors (Lipinski definition) is 3. The number of carboxylic acid groups (broad SMARTS) is 1. The first-order valence-corrected chi connectivity index (χ1v) is 11.6. The van der Waals surface area contributed by atoms with E-state index in [1.54, 1.807) is 6.07 Å². The minimum atomic E-state index is -0.856. The summed E-state index contributed by atoms with van der Waals surface area (Å²) in [6.45, 7) is 2.23. The summed E-state index contributed by atoms with van der Waals surface area (Å²) in [6, 6.07) is 3.59. The molecule has 1 saturated carbocycles. The van der Waals surface area contributed by atoms with Gasteiger partial charge in [-0.1, -0.05) is 44.8 Å². The lowest BCUT2D eigenvalue weighted by atomic mass is 9.89. The Hall–Kier alpha value is -0.840. The summed E-state index contributed by atoms with van der Waals surface area (Å²) >= 11 is 7.88. The van der Waals surface area contributed by atoms with Gasteiger partial charge in [0.25, 0.3) is 0 Å². The van der Waals surface area contributed by atoms with E-state index in [9.17, 15) is 9.90 Å². The smallest absolute Gasteiger partial charge is 0.345 e. The molecule has 2 N–H and O–H groups in total. The van der Waals surface area contributed by atoms with Gasteiger partial charge in [0.05, 0.1) is 6.10 Å². The maximum atomic E-state index is 11.0. The van der Waals surface area contributed by atoms with Gasteiger partial charge in [-0.05, 0) is 56.6 Å². The normalized spacial score (nSPS) is 25.4. The maximum Gasteiger partial charge on any atom is 0.345 e. The van der Waals surface area contributed by atoms with Gasteiger partial charge in [-0.2, -0.15) is 0 Å². The van der Waals surface area contributed by atoms with Gasteiger partial charge < -0.3 is 10.2 Å². The Labute approximate surface area is 172 Å². The van der Waals surface area contributed by atoms with Crippen LogP contribution in [0.1, 0.15) is 79.3 Å². The predicted molar refractivity (Wildman–Crippen MR) is 114 cm³/mol. The van der Waals surface area contributed by atoms with Crippen LogP contribution in [0.2, 0.25) is 0 Å². The molecule has 4 atom stereocenters. The molecule has 0 spiro atoms. The number of aromatic carboxylic acids is 1. The zero-order valence-corrected chi connectivity index (χ0v) is 17.9. The zero-order valence-electron chi connectivity index (χ0n) is 16.3. The molecule has 1 aromatic rings. The summed E-state index contributed by atoms with van der Waals surface area (Å²) in [5.74, 6) is -0.399. The molecule has 2 unspecified atom stereocenters. The number of aryl methyl sites for hydroxylation is 1. The Bertz CT molecular complexity index is 598. The van der Waals surface area contributed by atoms with Gasteiger partial charge in [0.15, 0.2) is 0 Å². The van der Waals surface area contributed by atoms with Crippen molar-refractivity contribution in [3.8, 4) is 0 Å². The first-order valence-electron chi connectivity index (χ1n) is 10.3. The molecule has 5 heteroatoms. The molecule has 0 saturated heterocycles. The SMILES string of the molecule is CCCCCCCC=CC1[C@@H](CCCc2ccc(C(=O)O)s2)C(Cl)C[C@H]1O. The molecule has 152 valence electrons. The van der Waals surface area contributed by atoms with Gasteiger partial charge >= 0.3 is 5.97 Å². The molecule has 1 heterocycles. The first kappa shape index (κ1) is 22.4. The number of rotatable bonds is 12. The third-order valence-corrected chi connectivity index (χ3v) is 7.17. The number of alkyl halides is 1. The van der Waals surface area contributed by atoms with E-state index in [2.05, 4.69) is 19.1 Å². The van der Waals surface area contributed by atoms with Gasteiger partial charge in [0, 0.05) is 16.2 Å². The van der Waals surface area contributed by atoms with Crippen LogP contribution < -0.4 is 0 Å². The number of allylic oxidation sites excluding steroid dienone is 1. The molecule has 2 rings (SSSR count). The van der Waals surface area contributed by atoms with Crippen LogP contribution in [0.4, 0.5) is 0 Å². The molecule has 1 aromatic heterocycles. The standard InChI is InChI=1S/C22H33ClO3S/c1-2-3-4-5-6-7-8-11-18-17(19(23)15-20(18)24)12-9-10-16-13-14-21(27-16)22(25)26/h8,11,13-14,17-20,24H,2-7,9-10,12,15H2,1H3,(H,25,26)/t17-,18?,19?,20-/m1/s1. The Kier molecular flexibility index (Phi) is 9.88. The monoisotopic (exact) mass is 412 g/mol. The molecule has 0 amide bonds. The van der Waals surface area contributed by atoms with E-state index in [1.165, 1.54) is 43.4 Å². The quantitative estimate of drug-likeness (QED) is 0.241. The first-order chi connectivity index (χ1) is 13.0. The van der Waals surface area contributed by atoms with Gasteiger partial charge in [-0.25, -0.2) is 4.79 Å². The largest absolute Gasteiger partial charge is 0.477 e. The van der Waals surface area contributed by atoms with Crippen LogP contribution in [0.3, 0.4) is 0 Å². The van der Waals surface area contributed by atoms with Gasteiger partial charge in [-0.3, -0.25) is 0 Å². The van der Waals surface area contributed by atoms with Crippen molar-refractivity contribution in [3.63, 3.8) is 0 Å². The fourth-order valence-electron chi connectivity index (χ4n) is 3.99. The number of carboxylic acids is 1. The lowest BCUT2D eigenvalue weighted by Gasteiger charge is -2.20. The second-order valence-corrected chi connectivity index (χ2v) is 9.38. The van der Waals surface area contributed by atoms with Crippen LogP contribution >= 0.6 is 22.9 Å². The van der Waals surface area contributed by atoms with Crippen molar-refractivity contribution >= 4 is 28.9 Å². The molecule has 0 aromatic carbocycles. The predicted octanol–water partition coefficient (Wildman–Crippen LogP) is 6.29. The highest BCUT2D eigenvalue weighted by molar-refractivity contribution is 7.13. The van der Waals surface area contributed by atoms with E-state index >= 15 is 0 Å². The molecule has 1 fully saturated rings. The Morgan fingerprint density at radius 3 is 2.74 bits per heavy atom. The highest BCUT2D eigenvalue weighted by Gasteiger charge is 2.39. The third kappa shape index (κ3) is 7.24. The van der Waals surface area contributed by atoms with Crippen LogP contribution in [0.15, 0.2) is 24.3 Å². The summed E-state index contributed by atoms with van der Waals surface area (Å²) in [5.41, 5.74) is 0. The number of unbranched alkanes of at least 4 members (excludes halogenated alkanes) is 5. The van der Waals surface area contributed by atoms with E-state index in [0.717, 1.165) is 30.6 Å². The van der Waals surface area contributed by atoms with Gasteiger partial charge in [0.2, 0.25) is 0 Å². The van der Waals surface area contributed by atoms with E-state index in [0.29, 0.717) is 17.2 Å². The van der Waals surface area contributed by atoms with Crippen molar-refractivity contribution in [3.05, 3.63) is 34.0 Å². The summed E-state index contributed by atoms with van der Waals surface area (Å²) in [6.07, 6.45) is 15.1. The Balaban J connectivity index is 1.77. The maximum absolute atomic E-state index is 11.0. The van der Waals surface area contributed by atoms with E-state index < -0.39 is 5.97 Å². The number of halogens is 1. The van der Waals surface area contributed by atoms with E-state index in [-0.39, 0.29) is 17.4 Å². The van der Waals surface area contributed by atoms with Crippen LogP contribution in [-0.4, -0.2) is 27.7 Å². The Morgan fingerprint density at radius 2 is 2.04 bits per heavy atom. The molecule has 0 bridgehead atoms. The fourth-order valence-corrected chi connectivity index (χ4v) is 5.36. The third-order valence-electron chi connectivity index (χ3n) is 5.54. The second-order valence-electron chi connectivity index (χ2n) is 7.65. The number of thiophene rings is 1. The molecule has 1 aliphatic carbocycles. The lowest BCUT2D eigenvalue weighted by Crippen LogP contribution is -2.18. The van der Waals surface area contributed by atoms with Crippen molar-refractivity contribution < 1.29 is 15.0 Å². The lowest BCUT2D eigenvalue weighted by molar-refractivity contribution is 0.0702. The summed E-state index contributed by atoms with van der Waals surface area (Å²) in [7, 11) is 0. The minimum Gasteiger partial charge on any atom is -0.477 e. The zero-order chi connectivity index (χ0) is 19.6. The van der Waals surface area contributed by atoms with Crippen LogP contribution in [0, 0.1) is 11.8 Å². The molecular formula is C22H33ClO3S. The van der Waals surface area contributed by atoms with Crippen molar-refractivity contribution in [2.75, 3.05) is 0 Å². The average Bonchev–Trinajstić information content (AvgIpc) is 3.20. The average molecular weight is 413 g/mol. The van der Waals surface area contributed by atoms with Crippen molar-refractivity contribution in [1.82, 2.24) is 0 Å². The van der Waals surface area contributed by atoms with E-state index in [4.69, 9.17) is 16.7 Å². The fraction of sp³-hybridized carbons (Fsp3) is 0.682. The van der Waals surface area contributed by atoms with Crippen LogP contribution in [0.5, 0.6) is 0 Å². The summed E-state index contributed by atoms with van der Waals surface area (Å²) < 4.78 is 0. The minimum absolute atomic E-state index is 0.0251. The topological polar surface area (TPSA) is 57.5 Å². The van der Waals surface area contributed by atoms with Crippen molar-refractivity contribution in [2.24, 2.45) is 11.8 Å². The molecule has 27 heavy (non-hydrogen) atoms. The highest BCUT2D eigenvalue weighted by atomic mass is 35.5. The number of aliphatic hydroxyl groups is 1. The van der Waals surface area contributed by atoms with Crippen LogP contribution in [-0.2, 0) is 6.42 Å². The van der Waals surface area contributed by atoms with Gasteiger partial charge in [-0.15, -0.1) is 22.9 Å². The van der Waals surface area contributed by atoms with Crippen LogP contribution in [0.25, 0.3) is 0 Å². The number of carbonyl (C=O) groups is 1. The molecule has 0 aliphatic heterocycles. The van der Waals surface area contributed by atoms with Crippen molar-refractivity contribution in [1.29, 1.82) is 0 Å². The second kappa shape index (κ2) is 11.9. The summed E-state index contributed by atoms with van der Waals surface area (Å²) in [5, 5.41) is 19.4. The number of hydrogen-bond donors (Lipinski definition) is 2. The summed E-state index contributed by atoms with van der Waals surface area (Å²) in [4.78, 5) is 12.5. The molecule has 1 aliphatic rings. The van der Waals surface area contributed by atoms with E-state index in [1.807, 2.05) is 6.07 Å². The highest BCUT2D eigenvalue weighted by Crippen LogP contribution is 2.40. The number of aliphatic hydroxyl groups excluding tert-OH is 1. The molecular weight excluding hydrogens is 380 g/mol. The Morgan fingerprint density at radius 1 is 1.26 bits per heavy atom. The molecule has 3 nitrogen and oxygen atoms in total. The van der Waals surface area contributed by atoms with Gasteiger partial charge in [0.1, 0.15) is 4.88 Å². The van der Waals surface area contributed by atoms with Crippen molar-refractivity contribution in [2.45, 2.75) is 82.6 Å². The molecule has 0 radical (unpaired) electrons.